The molecule has 26 heavy (non-hydrogen) atoms. The van der Waals surface area contributed by atoms with Gasteiger partial charge in [-0.25, -0.2) is 9.50 Å². The van der Waals surface area contributed by atoms with E-state index in [9.17, 15) is 4.79 Å². The zero-order chi connectivity index (χ0) is 17.9. The molecule has 0 aliphatic heterocycles. The maximum Gasteiger partial charge on any atom is 0.236 e. The second-order valence-corrected chi connectivity index (χ2v) is 6.12. The quantitative estimate of drug-likeness (QED) is 0.613. The highest BCUT2D eigenvalue weighted by Crippen LogP contribution is 2.26. The Morgan fingerprint density at radius 2 is 1.54 bits per heavy atom. The minimum Gasteiger partial charge on any atom is -0.324 e. The minimum absolute atomic E-state index is 0.0846. The maximum absolute atomic E-state index is 13.1. The minimum atomic E-state index is -0.384. The van der Waals surface area contributed by atoms with E-state index in [4.69, 9.17) is 0 Å². The van der Waals surface area contributed by atoms with Crippen molar-refractivity contribution < 1.29 is 4.79 Å². The van der Waals surface area contributed by atoms with Crippen molar-refractivity contribution >= 4 is 17.2 Å². The van der Waals surface area contributed by atoms with E-state index in [1.54, 1.807) is 10.7 Å². The molecule has 0 saturated heterocycles. The summed E-state index contributed by atoms with van der Waals surface area (Å²) in [6.45, 7) is 1.84. The number of hydrogen-bond acceptors (Lipinski definition) is 3. The van der Waals surface area contributed by atoms with Crippen LogP contribution in [0.25, 0.3) is 5.65 Å². The number of aromatic nitrogens is 3. The molecule has 0 aliphatic carbocycles. The van der Waals surface area contributed by atoms with Crippen LogP contribution in [0.3, 0.4) is 0 Å². The smallest absolute Gasteiger partial charge is 0.236 e. The van der Waals surface area contributed by atoms with Crippen LogP contribution in [-0.4, -0.2) is 20.5 Å². The lowest BCUT2D eigenvalue weighted by atomic mass is 9.90. The van der Waals surface area contributed by atoms with E-state index in [0.717, 1.165) is 16.8 Å². The number of amides is 1. The van der Waals surface area contributed by atoms with E-state index >= 15 is 0 Å². The highest BCUT2D eigenvalue weighted by molar-refractivity contribution is 5.98. The van der Waals surface area contributed by atoms with Crippen molar-refractivity contribution in [1.29, 1.82) is 0 Å². The van der Waals surface area contributed by atoms with Crippen LogP contribution in [0.2, 0.25) is 0 Å². The summed E-state index contributed by atoms with van der Waals surface area (Å²) in [7, 11) is 0. The number of hydrogen-bond donors (Lipinski definition) is 1. The molecule has 0 fully saturated rings. The van der Waals surface area contributed by atoms with E-state index in [1.807, 2.05) is 79.7 Å². The van der Waals surface area contributed by atoms with Crippen LogP contribution < -0.4 is 5.32 Å². The van der Waals surface area contributed by atoms with Crippen LogP contribution in [-0.2, 0) is 4.79 Å². The Labute approximate surface area is 151 Å². The molecule has 0 unspecified atom stereocenters. The van der Waals surface area contributed by atoms with E-state index < -0.39 is 0 Å². The first-order valence-electron chi connectivity index (χ1n) is 8.44. The normalized spacial score (nSPS) is 11.0. The molecule has 0 bridgehead atoms. The van der Waals surface area contributed by atoms with E-state index in [1.165, 1.54) is 0 Å². The van der Waals surface area contributed by atoms with Gasteiger partial charge in [0.1, 0.15) is 5.82 Å². The molecule has 4 rings (SSSR count). The first-order valence-corrected chi connectivity index (χ1v) is 8.44. The lowest BCUT2D eigenvalue weighted by Gasteiger charge is -2.18. The fraction of sp³-hybridized carbons (Fsp3) is 0.0952. The molecule has 0 aliphatic rings. The summed E-state index contributed by atoms with van der Waals surface area (Å²) in [6.07, 6.45) is 1.78. The van der Waals surface area contributed by atoms with Crippen molar-refractivity contribution in [1.82, 2.24) is 14.6 Å². The Morgan fingerprint density at radius 1 is 0.923 bits per heavy atom. The molecule has 2 aromatic heterocycles. The lowest BCUT2D eigenvalue weighted by molar-refractivity contribution is -0.116. The van der Waals surface area contributed by atoms with Gasteiger partial charge in [-0.1, -0.05) is 60.7 Å². The average molecular weight is 342 g/mol. The Kier molecular flexibility index (Phi) is 4.19. The first-order chi connectivity index (χ1) is 12.7. The highest BCUT2D eigenvalue weighted by Gasteiger charge is 2.22. The number of nitrogens with zero attached hydrogens (tertiary/aromatic N) is 3. The molecular weight excluding hydrogens is 324 g/mol. The van der Waals surface area contributed by atoms with Gasteiger partial charge in [0.15, 0.2) is 5.65 Å². The largest absolute Gasteiger partial charge is 0.324 e. The van der Waals surface area contributed by atoms with Crippen LogP contribution in [0.1, 0.15) is 22.9 Å². The summed E-state index contributed by atoms with van der Waals surface area (Å²) >= 11 is 0. The van der Waals surface area contributed by atoms with Gasteiger partial charge in [-0.05, 0) is 30.2 Å². The second-order valence-electron chi connectivity index (χ2n) is 6.12. The summed E-state index contributed by atoms with van der Waals surface area (Å²) in [5.74, 6) is 0.226. The summed E-state index contributed by atoms with van der Waals surface area (Å²) in [5, 5.41) is 7.31. The number of nitrogens with one attached hydrogen (secondary N) is 1. The number of rotatable bonds is 4. The van der Waals surface area contributed by atoms with Crippen molar-refractivity contribution in [3.63, 3.8) is 0 Å². The van der Waals surface area contributed by atoms with Crippen LogP contribution in [0, 0.1) is 6.92 Å². The third kappa shape index (κ3) is 3.19. The number of aryl methyl sites for hydroxylation is 1. The Morgan fingerprint density at radius 3 is 2.15 bits per heavy atom. The van der Waals surface area contributed by atoms with Crippen molar-refractivity contribution in [3.8, 4) is 0 Å². The fourth-order valence-corrected chi connectivity index (χ4v) is 3.07. The lowest BCUT2D eigenvalue weighted by Crippen LogP contribution is -2.22. The molecule has 0 atom stereocenters. The molecule has 5 nitrogen and oxygen atoms in total. The fourth-order valence-electron chi connectivity index (χ4n) is 3.07. The van der Waals surface area contributed by atoms with Gasteiger partial charge in [0.05, 0.1) is 17.8 Å². The van der Waals surface area contributed by atoms with Crippen molar-refractivity contribution in [3.05, 3.63) is 95.9 Å². The van der Waals surface area contributed by atoms with Gasteiger partial charge in [0, 0.05) is 0 Å². The number of fused-ring (bicyclic) bond motifs is 1. The molecule has 5 heteroatoms. The summed E-state index contributed by atoms with van der Waals surface area (Å²) in [4.78, 5) is 17.4. The molecule has 4 aromatic rings. The number of carbonyl (C=O) groups is 1. The number of benzene rings is 2. The van der Waals surface area contributed by atoms with E-state index in [2.05, 4.69) is 15.4 Å². The first kappa shape index (κ1) is 16.0. The van der Waals surface area contributed by atoms with Crippen molar-refractivity contribution in [2.75, 3.05) is 5.32 Å². The second kappa shape index (κ2) is 6.80. The van der Waals surface area contributed by atoms with Gasteiger partial charge >= 0.3 is 0 Å². The topological polar surface area (TPSA) is 59.3 Å². The van der Waals surface area contributed by atoms with Gasteiger partial charge in [-0.3, -0.25) is 4.79 Å². The molecule has 0 saturated carbocycles. The predicted octanol–water partition coefficient (Wildman–Crippen LogP) is 3.81. The van der Waals surface area contributed by atoms with Gasteiger partial charge in [-0.15, -0.1) is 0 Å². The molecule has 0 radical (unpaired) electrons. The Bertz CT molecular complexity index is 1000. The van der Waals surface area contributed by atoms with Crippen molar-refractivity contribution in [2.45, 2.75) is 12.8 Å². The number of carbonyl (C=O) groups excluding carboxylic acids is 1. The zero-order valence-corrected chi connectivity index (χ0v) is 14.3. The molecular formula is C21H18N4O. The van der Waals surface area contributed by atoms with Crippen LogP contribution in [0.5, 0.6) is 0 Å². The molecule has 1 amide bonds. The SMILES string of the molecule is Cc1nc2ccc(NC(=O)C(c3ccccc3)c3ccccc3)cn2n1. The van der Waals surface area contributed by atoms with Gasteiger partial charge in [0.25, 0.3) is 0 Å². The third-order valence-electron chi connectivity index (χ3n) is 4.23. The van der Waals surface area contributed by atoms with Crippen LogP contribution in [0.15, 0.2) is 79.0 Å². The average Bonchev–Trinajstić information content (AvgIpc) is 3.03. The molecule has 128 valence electrons. The molecule has 0 spiro atoms. The monoisotopic (exact) mass is 342 g/mol. The standard InChI is InChI=1S/C21H18N4O/c1-15-22-19-13-12-18(14-25(19)24-15)23-21(26)20(16-8-4-2-5-9-16)17-10-6-3-7-11-17/h2-14,20H,1H3,(H,23,26). The maximum atomic E-state index is 13.1. The van der Waals surface area contributed by atoms with Gasteiger partial charge in [-0.2, -0.15) is 5.10 Å². The Hall–Kier alpha value is -3.47. The highest BCUT2D eigenvalue weighted by atomic mass is 16.1. The van der Waals surface area contributed by atoms with Crippen molar-refractivity contribution in [2.24, 2.45) is 0 Å². The van der Waals surface area contributed by atoms with Crippen LogP contribution >= 0.6 is 0 Å². The van der Waals surface area contributed by atoms with Gasteiger partial charge < -0.3 is 5.32 Å². The summed E-state index contributed by atoms with van der Waals surface area (Å²) in [6, 6.07) is 23.3. The van der Waals surface area contributed by atoms with E-state index in [-0.39, 0.29) is 11.8 Å². The number of pyridine rings is 1. The van der Waals surface area contributed by atoms with Crippen LogP contribution in [0.4, 0.5) is 5.69 Å². The molecule has 2 heterocycles. The molecule has 2 aromatic carbocycles. The Balaban J connectivity index is 1.67. The van der Waals surface area contributed by atoms with E-state index in [0.29, 0.717) is 11.5 Å². The summed E-state index contributed by atoms with van der Waals surface area (Å²) < 4.78 is 1.67. The van der Waals surface area contributed by atoms with Gasteiger partial charge in [0.2, 0.25) is 5.91 Å². The predicted molar refractivity (Wildman–Crippen MR) is 101 cm³/mol. The zero-order valence-electron chi connectivity index (χ0n) is 14.3. The summed E-state index contributed by atoms with van der Waals surface area (Å²) in [5.41, 5.74) is 3.34. The third-order valence-corrected chi connectivity index (χ3v) is 4.23. The number of anilines is 1. The molecule has 1 N–H and O–H groups in total.